The molecule has 0 N–H and O–H groups in total. The Hall–Kier alpha value is -4.81. The predicted molar refractivity (Wildman–Crippen MR) is 157 cm³/mol. The summed E-state index contributed by atoms with van der Waals surface area (Å²) in [6.45, 7) is -0.730. The highest BCUT2D eigenvalue weighted by atomic mass is 32.2. The van der Waals surface area contributed by atoms with Gasteiger partial charge in [0, 0.05) is 16.5 Å². The minimum Gasteiger partial charge on any atom is -0.302 e. The Kier molecular flexibility index (Phi) is 8.87. The van der Waals surface area contributed by atoms with Gasteiger partial charge < -0.3 is 4.57 Å². The van der Waals surface area contributed by atoms with Gasteiger partial charge in [0.05, 0.1) is 38.9 Å². The molecular formula is C32H18F8N2O3S2. The van der Waals surface area contributed by atoms with Gasteiger partial charge in [0.2, 0.25) is 0 Å². The zero-order chi connectivity index (χ0) is 34.3. The first kappa shape index (κ1) is 33.6. The number of nitrogens with zero attached hydrogens (tertiary/aromatic N) is 2. The zero-order valence-corrected chi connectivity index (χ0v) is 25.1. The molecule has 5 rings (SSSR count). The van der Waals surface area contributed by atoms with E-state index in [1.54, 1.807) is 18.2 Å². The van der Waals surface area contributed by atoms with E-state index >= 15 is 0 Å². The zero-order valence-electron chi connectivity index (χ0n) is 23.5. The summed E-state index contributed by atoms with van der Waals surface area (Å²) in [6.07, 6.45) is -10.1. The van der Waals surface area contributed by atoms with E-state index < -0.39 is 79.0 Å². The number of alkyl halides is 6. The van der Waals surface area contributed by atoms with E-state index in [4.69, 9.17) is 0 Å². The van der Waals surface area contributed by atoms with Crippen molar-refractivity contribution in [2.45, 2.75) is 29.5 Å². The van der Waals surface area contributed by atoms with Crippen molar-refractivity contribution in [3.05, 3.63) is 135 Å². The number of rotatable bonds is 7. The molecule has 2 heterocycles. The van der Waals surface area contributed by atoms with E-state index in [0.29, 0.717) is 45.7 Å². The van der Waals surface area contributed by atoms with E-state index in [0.717, 1.165) is 18.2 Å². The molecule has 0 radical (unpaired) electrons. The SMILES string of the molecule is N#Cc1c(C(F)(F)F)cc(-c2ccc(-c3cc(C(F)(F)F)cc(S(=O)(=O)Cc4ccccc4)c3)s2)n(Cc2ccc(F)cc2F)c1=O. The monoisotopic (exact) mass is 694 g/mol. The Morgan fingerprint density at radius 2 is 1.49 bits per heavy atom. The molecule has 0 aliphatic rings. The first-order valence-electron chi connectivity index (χ1n) is 13.3. The summed E-state index contributed by atoms with van der Waals surface area (Å²) < 4.78 is 139. The van der Waals surface area contributed by atoms with Crippen LogP contribution in [0.4, 0.5) is 35.1 Å². The van der Waals surface area contributed by atoms with E-state index in [2.05, 4.69) is 0 Å². The molecule has 5 nitrogen and oxygen atoms in total. The molecule has 0 unspecified atom stereocenters. The molecule has 242 valence electrons. The Labute approximate surface area is 265 Å². The second kappa shape index (κ2) is 12.4. The maximum absolute atomic E-state index is 14.5. The molecule has 0 bridgehead atoms. The number of hydrogen-bond acceptors (Lipinski definition) is 5. The molecular weight excluding hydrogens is 676 g/mol. The van der Waals surface area contributed by atoms with E-state index in [-0.39, 0.29) is 20.9 Å². The van der Waals surface area contributed by atoms with Crippen LogP contribution in [0, 0.1) is 23.0 Å². The van der Waals surface area contributed by atoms with E-state index in [1.165, 1.54) is 30.3 Å². The lowest BCUT2D eigenvalue weighted by Gasteiger charge is -2.17. The number of halogens is 8. The lowest BCUT2D eigenvalue weighted by atomic mass is 10.1. The van der Waals surface area contributed by atoms with E-state index in [1.807, 2.05) is 0 Å². The number of aromatic nitrogens is 1. The summed E-state index contributed by atoms with van der Waals surface area (Å²) in [6, 6.07) is 16.3. The van der Waals surface area contributed by atoms with Gasteiger partial charge in [0.25, 0.3) is 5.56 Å². The van der Waals surface area contributed by atoms with Gasteiger partial charge in [0.15, 0.2) is 9.84 Å². The van der Waals surface area contributed by atoms with Crippen molar-refractivity contribution in [1.82, 2.24) is 4.57 Å². The largest absolute Gasteiger partial charge is 0.417 e. The van der Waals surface area contributed by atoms with Crippen molar-refractivity contribution < 1.29 is 43.5 Å². The fraction of sp³-hybridized carbons (Fsp3) is 0.125. The van der Waals surface area contributed by atoms with Crippen molar-refractivity contribution in [1.29, 1.82) is 5.26 Å². The molecule has 3 aromatic carbocycles. The van der Waals surface area contributed by atoms with Crippen LogP contribution < -0.4 is 5.56 Å². The minimum atomic E-state index is -5.18. The molecule has 0 saturated carbocycles. The highest BCUT2D eigenvalue weighted by molar-refractivity contribution is 7.90. The Bertz CT molecular complexity index is 2200. The predicted octanol–water partition coefficient (Wildman–Crippen LogP) is 8.45. The summed E-state index contributed by atoms with van der Waals surface area (Å²) >= 11 is 0.629. The van der Waals surface area contributed by atoms with Crippen LogP contribution in [0.1, 0.15) is 27.8 Å². The Morgan fingerprint density at radius 3 is 2.11 bits per heavy atom. The second-order valence-corrected chi connectivity index (χ2v) is 13.3. The average molecular weight is 695 g/mol. The summed E-state index contributed by atoms with van der Waals surface area (Å²) in [5, 5.41) is 9.41. The first-order valence-corrected chi connectivity index (χ1v) is 15.7. The number of sulfone groups is 1. The van der Waals surface area contributed by atoms with E-state index in [9.17, 15) is 53.6 Å². The van der Waals surface area contributed by atoms with Crippen molar-refractivity contribution in [3.8, 4) is 27.1 Å². The smallest absolute Gasteiger partial charge is 0.302 e. The summed E-state index contributed by atoms with van der Waals surface area (Å²) in [4.78, 5) is 12.5. The molecule has 0 saturated heterocycles. The second-order valence-electron chi connectivity index (χ2n) is 10.2. The van der Waals surface area contributed by atoms with Gasteiger partial charge in [0.1, 0.15) is 23.3 Å². The van der Waals surface area contributed by atoms with Gasteiger partial charge >= 0.3 is 12.4 Å². The maximum atomic E-state index is 14.5. The van der Waals surface area contributed by atoms with Gasteiger partial charge in [-0.2, -0.15) is 31.6 Å². The Morgan fingerprint density at radius 1 is 0.809 bits per heavy atom. The van der Waals surface area contributed by atoms with Crippen LogP contribution >= 0.6 is 11.3 Å². The molecule has 0 fully saturated rings. The fourth-order valence-electron chi connectivity index (χ4n) is 4.75. The number of pyridine rings is 1. The number of thiophene rings is 1. The average Bonchev–Trinajstić information content (AvgIpc) is 3.48. The fourth-order valence-corrected chi connectivity index (χ4v) is 7.18. The molecule has 2 aromatic heterocycles. The third-order valence-electron chi connectivity index (χ3n) is 7.00. The topological polar surface area (TPSA) is 79.9 Å². The number of benzene rings is 3. The molecule has 0 aliphatic carbocycles. The van der Waals surface area contributed by atoms with Crippen molar-refractivity contribution >= 4 is 21.2 Å². The molecule has 5 aromatic rings. The van der Waals surface area contributed by atoms with Crippen LogP contribution in [0.5, 0.6) is 0 Å². The highest BCUT2D eigenvalue weighted by Crippen LogP contribution is 2.41. The van der Waals surface area contributed by atoms with Gasteiger partial charge in [-0.3, -0.25) is 4.79 Å². The summed E-state index contributed by atoms with van der Waals surface area (Å²) in [7, 11) is -4.31. The molecule has 0 spiro atoms. The molecule has 47 heavy (non-hydrogen) atoms. The van der Waals surface area contributed by atoms with Gasteiger partial charge in [-0.05, 0) is 53.6 Å². The molecule has 15 heteroatoms. The lowest BCUT2D eigenvalue weighted by molar-refractivity contribution is -0.138. The highest BCUT2D eigenvalue weighted by Gasteiger charge is 2.37. The van der Waals surface area contributed by atoms with Gasteiger partial charge in [-0.15, -0.1) is 11.3 Å². The third kappa shape index (κ3) is 7.13. The number of hydrogen-bond donors (Lipinski definition) is 0. The van der Waals surface area contributed by atoms with Crippen LogP contribution in [-0.2, 0) is 34.5 Å². The van der Waals surface area contributed by atoms with Crippen LogP contribution in [0.3, 0.4) is 0 Å². The number of nitriles is 1. The van der Waals surface area contributed by atoms with Crippen molar-refractivity contribution in [3.63, 3.8) is 0 Å². The minimum absolute atomic E-state index is 0.00728. The van der Waals surface area contributed by atoms with Crippen LogP contribution in [0.15, 0.2) is 94.6 Å². The van der Waals surface area contributed by atoms with Gasteiger partial charge in [-0.25, -0.2) is 17.2 Å². The van der Waals surface area contributed by atoms with Crippen LogP contribution in [0.2, 0.25) is 0 Å². The third-order valence-corrected chi connectivity index (χ3v) is 9.82. The van der Waals surface area contributed by atoms with Crippen LogP contribution in [0.25, 0.3) is 21.0 Å². The standard InChI is InChI=1S/C32H18F8N2O3S2/c33-22-7-6-19(26(34)13-22)16-42-27(14-25(32(38,39)40)24(15-41)30(42)43)29-9-8-28(46-29)20-10-21(31(35,36)37)12-23(11-20)47(44,45)17-18-4-2-1-3-5-18/h1-14H,16-17H2. The first-order chi connectivity index (χ1) is 22.0. The van der Waals surface area contributed by atoms with Crippen LogP contribution in [-0.4, -0.2) is 13.0 Å². The maximum Gasteiger partial charge on any atom is 0.417 e. The normalized spacial score (nSPS) is 12.2. The quantitative estimate of drug-likeness (QED) is 0.160. The van der Waals surface area contributed by atoms with Crippen molar-refractivity contribution in [2.75, 3.05) is 0 Å². The molecule has 0 aliphatic heterocycles. The summed E-state index contributed by atoms with van der Waals surface area (Å²) in [5.41, 5.74) is -6.30. The summed E-state index contributed by atoms with van der Waals surface area (Å²) in [5.74, 6) is -2.69. The molecule has 0 amide bonds. The molecule has 0 atom stereocenters. The van der Waals surface area contributed by atoms with Crippen molar-refractivity contribution in [2.24, 2.45) is 0 Å². The Balaban J connectivity index is 1.68. The van der Waals surface area contributed by atoms with Gasteiger partial charge in [-0.1, -0.05) is 36.4 Å². The lowest BCUT2D eigenvalue weighted by Crippen LogP contribution is -2.28.